The second kappa shape index (κ2) is 6.41. The lowest BCUT2D eigenvalue weighted by atomic mass is 9.87. The van der Waals surface area contributed by atoms with Crippen LogP contribution >= 0.6 is 11.6 Å². The highest BCUT2D eigenvalue weighted by Gasteiger charge is 2.17. The molecular formula is C17H20ClNO2S. The predicted molar refractivity (Wildman–Crippen MR) is 90.6 cm³/mol. The number of hydrogen-bond donors (Lipinski definition) is 1. The lowest BCUT2D eigenvalue weighted by Crippen LogP contribution is -2.23. The summed E-state index contributed by atoms with van der Waals surface area (Å²) >= 11 is 6.04. The first-order valence-electron chi connectivity index (χ1n) is 7.04. The summed E-state index contributed by atoms with van der Waals surface area (Å²) < 4.78 is 27.2. The molecule has 2 aromatic rings. The van der Waals surface area contributed by atoms with Crippen LogP contribution in [0, 0.1) is 0 Å². The average molecular weight is 338 g/mol. The maximum atomic E-state index is 12.3. The van der Waals surface area contributed by atoms with Gasteiger partial charge in [-0.25, -0.2) is 13.1 Å². The monoisotopic (exact) mass is 337 g/mol. The summed E-state index contributed by atoms with van der Waals surface area (Å²) in [7, 11) is -3.55. The third-order valence-electron chi connectivity index (χ3n) is 3.44. The second-order valence-electron chi connectivity index (χ2n) is 6.19. The van der Waals surface area contributed by atoms with E-state index in [0.717, 1.165) is 11.1 Å². The summed E-state index contributed by atoms with van der Waals surface area (Å²) in [6.45, 7) is 6.44. The summed E-state index contributed by atoms with van der Waals surface area (Å²) in [6.07, 6.45) is 0. The van der Waals surface area contributed by atoms with Crippen molar-refractivity contribution in [2.24, 2.45) is 0 Å². The molecule has 0 atom stereocenters. The minimum atomic E-state index is -3.55. The zero-order valence-electron chi connectivity index (χ0n) is 12.9. The van der Waals surface area contributed by atoms with Gasteiger partial charge < -0.3 is 0 Å². The highest BCUT2D eigenvalue weighted by Crippen LogP contribution is 2.23. The van der Waals surface area contributed by atoms with Gasteiger partial charge in [-0.3, -0.25) is 0 Å². The Labute approximate surface area is 137 Å². The third-order valence-corrected chi connectivity index (χ3v) is 5.23. The van der Waals surface area contributed by atoms with Crippen LogP contribution in [0.15, 0.2) is 53.4 Å². The number of benzene rings is 2. The quantitative estimate of drug-likeness (QED) is 0.912. The van der Waals surface area contributed by atoms with Crippen LogP contribution in [0.3, 0.4) is 0 Å². The topological polar surface area (TPSA) is 46.2 Å². The Morgan fingerprint density at radius 2 is 1.59 bits per heavy atom. The van der Waals surface area contributed by atoms with Crippen molar-refractivity contribution in [1.82, 2.24) is 4.72 Å². The molecule has 0 fully saturated rings. The summed E-state index contributed by atoms with van der Waals surface area (Å²) in [6, 6.07) is 14.1. The zero-order chi connectivity index (χ0) is 16.4. The number of hydrogen-bond acceptors (Lipinski definition) is 2. The maximum absolute atomic E-state index is 12.3. The number of halogens is 1. The molecule has 0 saturated carbocycles. The van der Waals surface area contributed by atoms with Crippen molar-refractivity contribution in [3.8, 4) is 0 Å². The van der Waals surface area contributed by atoms with E-state index >= 15 is 0 Å². The Kier molecular flexibility index (Phi) is 4.95. The van der Waals surface area contributed by atoms with Gasteiger partial charge >= 0.3 is 0 Å². The van der Waals surface area contributed by atoms with Crippen molar-refractivity contribution in [3.05, 3.63) is 64.7 Å². The zero-order valence-corrected chi connectivity index (χ0v) is 14.5. The fourth-order valence-electron chi connectivity index (χ4n) is 2.03. The molecule has 0 radical (unpaired) electrons. The van der Waals surface area contributed by atoms with Crippen molar-refractivity contribution >= 4 is 21.6 Å². The third kappa shape index (κ3) is 4.09. The molecule has 0 bridgehead atoms. The van der Waals surface area contributed by atoms with Crippen LogP contribution in [0.2, 0.25) is 5.02 Å². The van der Waals surface area contributed by atoms with Crippen LogP contribution in [-0.2, 0) is 22.0 Å². The average Bonchev–Trinajstić information content (AvgIpc) is 2.46. The van der Waals surface area contributed by atoms with E-state index in [1.165, 1.54) is 0 Å². The van der Waals surface area contributed by atoms with Gasteiger partial charge in [-0.15, -0.1) is 0 Å². The standard InChI is InChI=1S/C17H20ClNO2S/c1-17(2,3)14-8-10-15(11-9-14)22(20,21)19-12-13-6-4-5-7-16(13)18/h4-11,19H,12H2,1-3H3. The Morgan fingerprint density at radius 3 is 2.14 bits per heavy atom. The minimum Gasteiger partial charge on any atom is -0.207 e. The molecule has 0 amide bonds. The number of nitrogens with one attached hydrogen (secondary N) is 1. The van der Waals surface area contributed by atoms with Crippen molar-refractivity contribution in [2.45, 2.75) is 37.6 Å². The van der Waals surface area contributed by atoms with E-state index in [4.69, 9.17) is 11.6 Å². The van der Waals surface area contributed by atoms with Crippen LogP contribution in [0.4, 0.5) is 0 Å². The maximum Gasteiger partial charge on any atom is 0.240 e. The molecule has 0 aliphatic heterocycles. The van der Waals surface area contributed by atoms with E-state index in [1.807, 2.05) is 24.3 Å². The van der Waals surface area contributed by atoms with Crippen molar-refractivity contribution in [1.29, 1.82) is 0 Å². The molecule has 0 aliphatic carbocycles. The summed E-state index contributed by atoms with van der Waals surface area (Å²) in [4.78, 5) is 0.257. The fraction of sp³-hybridized carbons (Fsp3) is 0.294. The molecule has 5 heteroatoms. The molecule has 0 unspecified atom stereocenters. The molecule has 22 heavy (non-hydrogen) atoms. The van der Waals surface area contributed by atoms with Gasteiger partial charge in [0.05, 0.1) is 4.90 Å². The molecule has 3 nitrogen and oxygen atoms in total. The van der Waals surface area contributed by atoms with E-state index in [2.05, 4.69) is 25.5 Å². The SMILES string of the molecule is CC(C)(C)c1ccc(S(=O)(=O)NCc2ccccc2Cl)cc1. The summed E-state index contributed by atoms with van der Waals surface area (Å²) in [5.41, 5.74) is 1.84. The van der Waals surface area contributed by atoms with Gasteiger partial charge in [-0.1, -0.05) is 62.7 Å². The molecule has 1 N–H and O–H groups in total. The molecule has 0 aliphatic rings. The summed E-state index contributed by atoms with van der Waals surface area (Å²) in [5.74, 6) is 0. The Morgan fingerprint density at radius 1 is 1.00 bits per heavy atom. The first kappa shape index (κ1) is 17.0. The van der Waals surface area contributed by atoms with Crippen LogP contribution in [0.25, 0.3) is 0 Å². The number of rotatable bonds is 4. The van der Waals surface area contributed by atoms with Crippen LogP contribution in [0.1, 0.15) is 31.9 Å². The van der Waals surface area contributed by atoms with Gasteiger partial charge in [0.1, 0.15) is 0 Å². The van der Waals surface area contributed by atoms with Gasteiger partial charge in [0.25, 0.3) is 0 Å². The van der Waals surface area contributed by atoms with Gasteiger partial charge in [0, 0.05) is 11.6 Å². The van der Waals surface area contributed by atoms with E-state index in [-0.39, 0.29) is 16.9 Å². The molecule has 0 saturated heterocycles. The lowest BCUT2D eigenvalue weighted by Gasteiger charge is -2.19. The van der Waals surface area contributed by atoms with Gasteiger partial charge in [0.2, 0.25) is 10.0 Å². The normalized spacial score (nSPS) is 12.4. The van der Waals surface area contributed by atoms with Gasteiger partial charge in [-0.05, 0) is 34.7 Å². The van der Waals surface area contributed by atoms with Gasteiger partial charge in [0.15, 0.2) is 0 Å². The van der Waals surface area contributed by atoms with Crippen LogP contribution < -0.4 is 4.72 Å². The van der Waals surface area contributed by atoms with E-state index in [1.54, 1.807) is 24.3 Å². The smallest absolute Gasteiger partial charge is 0.207 e. The summed E-state index contributed by atoms with van der Waals surface area (Å²) in [5, 5.41) is 0.549. The highest BCUT2D eigenvalue weighted by atomic mass is 35.5. The fourth-order valence-corrected chi connectivity index (χ4v) is 3.24. The predicted octanol–water partition coefficient (Wildman–Crippen LogP) is 4.12. The molecule has 118 valence electrons. The largest absolute Gasteiger partial charge is 0.240 e. The Balaban J connectivity index is 2.15. The first-order chi connectivity index (χ1) is 10.2. The second-order valence-corrected chi connectivity index (χ2v) is 8.36. The minimum absolute atomic E-state index is 0.00666. The lowest BCUT2D eigenvalue weighted by molar-refractivity contribution is 0.578. The van der Waals surface area contributed by atoms with Gasteiger partial charge in [-0.2, -0.15) is 0 Å². The molecule has 0 heterocycles. The Hall–Kier alpha value is -1.36. The molecule has 2 rings (SSSR count). The van der Waals surface area contributed by atoms with Crippen molar-refractivity contribution < 1.29 is 8.42 Å². The van der Waals surface area contributed by atoms with Crippen LogP contribution in [-0.4, -0.2) is 8.42 Å². The molecule has 0 aromatic heterocycles. The molecule has 0 spiro atoms. The van der Waals surface area contributed by atoms with Crippen LogP contribution in [0.5, 0.6) is 0 Å². The molecule has 2 aromatic carbocycles. The highest BCUT2D eigenvalue weighted by molar-refractivity contribution is 7.89. The van der Waals surface area contributed by atoms with Crippen molar-refractivity contribution in [3.63, 3.8) is 0 Å². The van der Waals surface area contributed by atoms with Crippen molar-refractivity contribution in [2.75, 3.05) is 0 Å². The first-order valence-corrected chi connectivity index (χ1v) is 8.90. The number of sulfonamides is 1. The Bertz CT molecular complexity index is 747. The van der Waals surface area contributed by atoms with E-state index < -0.39 is 10.0 Å². The van der Waals surface area contributed by atoms with E-state index in [0.29, 0.717) is 5.02 Å². The molecular weight excluding hydrogens is 318 g/mol. The van der Waals surface area contributed by atoms with E-state index in [9.17, 15) is 8.42 Å².